The van der Waals surface area contributed by atoms with Crippen LogP contribution in [0, 0.1) is 5.82 Å². The van der Waals surface area contributed by atoms with E-state index in [0.717, 1.165) is 42.6 Å². The minimum absolute atomic E-state index is 0.220. The Morgan fingerprint density at radius 2 is 1.76 bits per heavy atom. The summed E-state index contributed by atoms with van der Waals surface area (Å²) in [7, 11) is 0. The zero-order chi connectivity index (χ0) is 25.9. The number of hydrogen-bond acceptors (Lipinski definition) is 8. The van der Waals surface area contributed by atoms with Gasteiger partial charge in [-0.2, -0.15) is 10.2 Å². The second-order valence-corrected chi connectivity index (χ2v) is 9.65. The summed E-state index contributed by atoms with van der Waals surface area (Å²) in [6.07, 6.45) is 9.49. The van der Waals surface area contributed by atoms with E-state index in [1.807, 2.05) is 18.6 Å². The molecule has 6 rings (SSSR count). The minimum atomic E-state index is -0.319. The molecule has 2 saturated heterocycles. The first-order valence-electron chi connectivity index (χ1n) is 12.9. The van der Waals surface area contributed by atoms with E-state index >= 15 is 0 Å². The average molecular weight is 517 g/mol. The van der Waals surface area contributed by atoms with Crippen LogP contribution in [-0.4, -0.2) is 68.4 Å². The topological polar surface area (TPSA) is 103 Å². The molecule has 11 heteroatoms. The molecule has 3 aromatic heterocycles. The first kappa shape index (κ1) is 24.4. The maximum absolute atomic E-state index is 13.3. The Hall–Kier alpha value is -3.96. The van der Waals surface area contributed by atoms with E-state index in [0.29, 0.717) is 43.9 Å². The third-order valence-electron chi connectivity index (χ3n) is 7.06. The summed E-state index contributed by atoms with van der Waals surface area (Å²) in [6, 6.07) is 9.58. The van der Waals surface area contributed by atoms with Gasteiger partial charge in [0.05, 0.1) is 37.2 Å². The molecule has 38 heavy (non-hydrogen) atoms. The van der Waals surface area contributed by atoms with Crippen molar-refractivity contribution in [3.05, 3.63) is 77.4 Å². The number of nitrogens with one attached hydrogen (secondary N) is 1. The first-order valence-corrected chi connectivity index (χ1v) is 12.9. The molecular formula is C27H29FN8O2. The van der Waals surface area contributed by atoms with E-state index in [1.165, 1.54) is 22.9 Å². The number of halogens is 1. The lowest BCUT2D eigenvalue weighted by Gasteiger charge is -2.33. The SMILES string of the molecule is O=c1ccc(-c2ccc(F)cc2)nn1C[C@@H]1CN(c2ncc(-c3cnn(C4CCNCC4)c3)cn2)CCO1. The predicted octanol–water partition coefficient (Wildman–Crippen LogP) is 2.53. The average Bonchev–Trinajstić information content (AvgIpc) is 3.46. The minimum Gasteiger partial charge on any atom is -0.373 e. The summed E-state index contributed by atoms with van der Waals surface area (Å²) in [5.41, 5.74) is 3.04. The van der Waals surface area contributed by atoms with Crippen molar-refractivity contribution >= 4 is 5.95 Å². The number of hydrogen-bond donors (Lipinski definition) is 1. The summed E-state index contributed by atoms with van der Waals surface area (Å²) >= 11 is 0. The third-order valence-corrected chi connectivity index (χ3v) is 7.06. The smallest absolute Gasteiger partial charge is 0.266 e. The maximum Gasteiger partial charge on any atom is 0.266 e. The van der Waals surface area contributed by atoms with Gasteiger partial charge < -0.3 is 15.0 Å². The Morgan fingerprint density at radius 1 is 0.974 bits per heavy atom. The quantitative estimate of drug-likeness (QED) is 0.417. The van der Waals surface area contributed by atoms with Crippen LogP contribution in [0.3, 0.4) is 0 Å². The summed E-state index contributed by atoms with van der Waals surface area (Å²) in [6.45, 7) is 4.00. The highest BCUT2D eigenvalue weighted by atomic mass is 19.1. The molecule has 0 bridgehead atoms. The molecular weight excluding hydrogens is 487 g/mol. The normalized spacial score (nSPS) is 18.6. The standard InChI is InChI=1S/C27H29FN8O2/c28-22-3-1-19(2-4-22)25-5-6-26(37)36(33-25)18-24-17-34(11-12-38-24)27-30-13-20(14-31-27)21-15-32-35(16-21)23-7-9-29-10-8-23/h1-6,13-16,23-24,29H,7-12,17-18H2/t24-/m0/s1. The van der Waals surface area contributed by atoms with E-state index in [-0.39, 0.29) is 17.5 Å². The second-order valence-electron chi connectivity index (χ2n) is 9.65. The molecule has 0 saturated carbocycles. The van der Waals surface area contributed by atoms with Crippen LogP contribution in [0.2, 0.25) is 0 Å². The zero-order valence-electron chi connectivity index (χ0n) is 20.9. The van der Waals surface area contributed by atoms with Crippen molar-refractivity contribution in [1.82, 2.24) is 34.8 Å². The van der Waals surface area contributed by atoms with Crippen LogP contribution >= 0.6 is 0 Å². The van der Waals surface area contributed by atoms with Gasteiger partial charge in [0.25, 0.3) is 5.56 Å². The molecule has 196 valence electrons. The zero-order valence-corrected chi connectivity index (χ0v) is 20.9. The van der Waals surface area contributed by atoms with Crippen LogP contribution in [0.1, 0.15) is 18.9 Å². The molecule has 2 aliphatic heterocycles. The van der Waals surface area contributed by atoms with Crippen LogP contribution < -0.4 is 15.8 Å². The van der Waals surface area contributed by atoms with Crippen LogP contribution in [0.25, 0.3) is 22.4 Å². The van der Waals surface area contributed by atoms with Gasteiger partial charge in [-0.1, -0.05) is 0 Å². The fourth-order valence-corrected chi connectivity index (χ4v) is 4.95. The number of anilines is 1. The largest absolute Gasteiger partial charge is 0.373 e. The summed E-state index contributed by atoms with van der Waals surface area (Å²) in [5.74, 6) is 0.300. The van der Waals surface area contributed by atoms with Gasteiger partial charge in [-0.3, -0.25) is 9.48 Å². The van der Waals surface area contributed by atoms with Gasteiger partial charge in [0.1, 0.15) is 5.82 Å². The Bertz CT molecular complexity index is 1430. The summed E-state index contributed by atoms with van der Waals surface area (Å²) in [4.78, 5) is 23.8. The lowest BCUT2D eigenvalue weighted by atomic mass is 10.1. The van der Waals surface area contributed by atoms with E-state index in [4.69, 9.17) is 4.74 Å². The molecule has 4 aromatic rings. The molecule has 0 aliphatic carbocycles. The van der Waals surface area contributed by atoms with Crippen molar-refractivity contribution < 1.29 is 9.13 Å². The van der Waals surface area contributed by atoms with Crippen molar-refractivity contribution in [3.8, 4) is 22.4 Å². The number of nitrogens with zero attached hydrogens (tertiary/aromatic N) is 7. The lowest BCUT2D eigenvalue weighted by Crippen LogP contribution is -2.46. The highest BCUT2D eigenvalue weighted by Gasteiger charge is 2.24. The molecule has 2 aliphatic rings. The number of benzene rings is 1. The molecule has 0 spiro atoms. The monoisotopic (exact) mass is 516 g/mol. The van der Waals surface area contributed by atoms with Crippen molar-refractivity contribution in [2.24, 2.45) is 0 Å². The Labute approximate surface area is 219 Å². The van der Waals surface area contributed by atoms with E-state index in [2.05, 4.69) is 41.3 Å². The fraction of sp³-hybridized carbons (Fsp3) is 0.370. The second kappa shape index (κ2) is 10.8. The third kappa shape index (κ3) is 5.34. The van der Waals surface area contributed by atoms with E-state index in [1.54, 1.807) is 18.2 Å². The molecule has 1 atom stereocenters. The van der Waals surface area contributed by atoms with Gasteiger partial charge in [-0.25, -0.2) is 19.0 Å². The molecule has 0 radical (unpaired) electrons. The van der Waals surface area contributed by atoms with Gasteiger partial charge >= 0.3 is 0 Å². The molecule has 1 aromatic carbocycles. The van der Waals surface area contributed by atoms with Crippen molar-refractivity contribution in [1.29, 1.82) is 0 Å². The molecule has 2 fully saturated rings. The van der Waals surface area contributed by atoms with Crippen molar-refractivity contribution in [3.63, 3.8) is 0 Å². The van der Waals surface area contributed by atoms with Gasteiger partial charge in [0, 0.05) is 54.4 Å². The fourth-order valence-electron chi connectivity index (χ4n) is 4.95. The molecule has 0 amide bonds. The van der Waals surface area contributed by atoms with Crippen LogP contribution in [0.5, 0.6) is 0 Å². The van der Waals surface area contributed by atoms with E-state index in [9.17, 15) is 9.18 Å². The molecule has 5 heterocycles. The van der Waals surface area contributed by atoms with Crippen molar-refractivity contribution in [2.45, 2.75) is 31.5 Å². The molecule has 10 nitrogen and oxygen atoms in total. The Kier molecular flexibility index (Phi) is 6.93. The Morgan fingerprint density at radius 3 is 2.55 bits per heavy atom. The van der Waals surface area contributed by atoms with Crippen LogP contribution in [-0.2, 0) is 11.3 Å². The summed E-state index contributed by atoms with van der Waals surface area (Å²) < 4.78 is 22.7. The number of ether oxygens (including phenoxy) is 1. The lowest BCUT2D eigenvalue weighted by molar-refractivity contribution is 0.0260. The van der Waals surface area contributed by atoms with E-state index < -0.39 is 0 Å². The highest BCUT2D eigenvalue weighted by molar-refractivity contribution is 5.60. The predicted molar refractivity (Wildman–Crippen MR) is 140 cm³/mol. The molecule has 1 N–H and O–H groups in total. The van der Waals surface area contributed by atoms with Gasteiger partial charge in [-0.15, -0.1) is 0 Å². The Balaban J connectivity index is 1.12. The molecule has 0 unspecified atom stereocenters. The van der Waals surface area contributed by atoms with Crippen molar-refractivity contribution in [2.75, 3.05) is 37.7 Å². The first-order chi connectivity index (χ1) is 18.6. The van der Waals surface area contributed by atoms with Gasteiger partial charge in [0.15, 0.2) is 0 Å². The number of aromatic nitrogens is 6. The number of morpholine rings is 1. The van der Waals surface area contributed by atoms with Gasteiger partial charge in [-0.05, 0) is 56.3 Å². The van der Waals surface area contributed by atoms with Gasteiger partial charge in [0.2, 0.25) is 5.95 Å². The number of piperidine rings is 1. The highest BCUT2D eigenvalue weighted by Crippen LogP contribution is 2.24. The van der Waals surface area contributed by atoms with Crippen LogP contribution in [0.4, 0.5) is 10.3 Å². The van der Waals surface area contributed by atoms with Crippen LogP contribution in [0.15, 0.2) is 66.0 Å². The maximum atomic E-state index is 13.3. The summed E-state index contributed by atoms with van der Waals surface area (Å²) in [5, 5.41) is 12.4. The number of rotatable bonds is 6.